The summed E-state index contributed by atoms with van der Waals surface area (Å²) in [5, 5.41) is 0. The molecule has 1 rings (SSSR count). The van der Waals surface area contributed by atoms with Gasteiger partial charge in [0.1, 0.15) is 25.7 Å². The first kappa shape index (κ1) is 17.5. The van der Waals surface area contributed by atoms with E-state index in [0.29, 0.717) is 13.2 Å². The van der Waals surface area contributed by atoms with Crippen LogP contribution in [0.2, 0.25) is 0 Å². The zero-order valence-corrected chi connectivity index (χ0v) is 12.8. The lowest BCUT2D eigenvalue weighted by atomic mass is 10.6. The van der Waals surface area contributed by atoms with Gasteiger partial charge >= 0.3 is 0 Å². The van der Waals surface area contributed by atoms with Crippen molar-refractivity contribution in [1.29, 1.82) is 0 Å². The Hall–Kier alpha value is -0.520. The maximum absolute atomic E-state index is 10.8. The number of hydrogen-bond acceptors (Lipinski definition) is 4. The van der Waals surface area contributed by atoms with Crippen LogP contribution in [0.5, 0.6) is 0 Å². The highest BCUT2D eigenvalue weighted by Crippen LogP contribution is 2.37. The Kier molecular flexibility index (Phi) is 9.14. The van der Waals surface area contributed by atoms with Gasteiger partial charge in [-0.25, -0.2) is 9.13 Å². The lowest BCUT2D eigenvalue weighted by Gasteiger charge is -2.25. The first-order valence-electron chi connectivity index (χ1n) is 5.67. The van der Waals surface area contributed by atoms with Crippen molar-refractivity contribution in [2.45, 2.75) is 20.4 Å². The van der Waals surface area contributed by atoms with E-state index in [-0.39, 0.29) is 0 Å². The zero-order valence-electron chi connectivity index (χ0n) is 11.1. The van der Waals surface area contributed by atoms with Crippen LogP contribution in [-0.2, 0) is 34.4 Å². The van der Waals surface area contributed by atoms with Crippen LogP contribution in [-0.4, -0.2) is 17.8 Å². The quantitative estimate of drug-likeness (QED) is 0.448. The van der Waals surface area contributed by atoms with Crippen LogP contribution in [0, 0.1) is 0 Å². The second-order valence-electron chi connectivity index (χ2n) is 3.35. The van der Waals surface area contributed by atoms with Gasteiger partial charge in [0, 0.05) is 0 Å². The van der Waals surface area contributed by atoms with Gasteiger partial charge in [0.15, 0.2) is 0 Å². The third-order valence-electron chi connectivity index (χ3n) is 1.74. The molecule has 0 fully saturated rings. The van der Waals surface area contributed by atoms with Gasteiger partial charge in [0.25, 0.3) is 0 Å². The molecule has 0 N–H and O–H groups in total. The maximum atomic E-state index is 10.8. The minimum atomic E-state index is -3.11. The fourth-order valence-electron chi connectivity index (χ4n) is 1.11. The fraction of sp³-hybridized carbons (Fsp3) is 0.545. The highest BCUT2D eigenvalue weighted by Gasteiger charge is 1.98. The maximum Gasteiger partial charge on any atom is 0.243 e. The molecule has 0 radical (unpaired) electrons. The molecule has 0 spiro atoms. The summed E-state index contributed by atoms with van der Waals surface area (Å²) in [6, 6.07) is 0. The molecule has 1 aromatic rings. The summed E-state index contributed by atoms with van der Waals surface area (Å²) in [6.07, 6.45) is 7.91. The number of nitrogens with zero attached hydrogens (tertiary/aromatic N) is 2. The van der Waals surface area contributed by atoms with E-state index in [0.717, 1.165) is 6.54 Å². The molecular weight excluding hydrogens is 271 g/mol. The molecule has 5 nitrogen and oxygen atoms in total. The smallest absolute Gasteiger partial charge is 0.243 e. The van der Waals surface area contributed by atoms with Crippen LogP contribution in [0.15, 0.2) is 31.4 Å². The predicted molar refractivity (Wildman–Crippen MR) is 73.3 cm³/mol. The summed E-state index contributed by atoms with van der Waals surface area (Å²) in [5.74, 6) is 0. The molecule has 18 heavy (non-hydrogen) atoms. The van der Waals surface area contributed by atoms with E-state index in [1.807, 2.05) is 36.4 Å². The van der Waals surface area contributed by atoms with E-state index in [4.69, 9.17) is 0 Å². The summed E-state index contributed by atoms with van der Waals surface area (Å²) in [4.78, 5) is 10.8. The summed E-state index contributed by atoms with van der Waals surface area (Å²) in [7, 11) is 2.00. The molecule has 0 amide bonds. The van der Waals surface area contributed by atoms with Gasteiger partial charge in [-0.2, -0.15) is 0 Å². The fourth-order valence-corrected chi connectivity index (χ4v) is 2.45. The van der Waals surface area contributed by atoms with E-state index < -0.39 is 6.72 Å². The van der Waals surface area contributed by atoms with Crippen molar-refractivity contribution in [2.75, 3.05) is 13.2 Å². The third kappa shape index (κ3) is 8.55. The Labute approximate surface area is 114 Å². The van der Waals surface area contributed by atoms with Gasteiger partial charge in [0.05, 0.1) is 20.3 Å². The van der Waals surface area contributed by atoms with Crippen LogP contribution >= 0.6 is 6.72 Å². The second-order valence-corrected chi connectivity index (χ2v) is 6.10. The normalized spacial score (nSPS) is 10.7. The Balaban J connectivity index is 0.000000321. The van der Waals surface area contributed by atoms with Crippen LogP contribution < -0.4 is 9.46 Å². The first-order valence-corrected chi connectivity index (χ1v) is 8.22. The van der Waals surface area contributed by atoms with Crippen LogP contribution in [0.4, 0.5) is 0 Å². The van der Waals surface area contributed by atoms with E-state index in [9.17, 15) is 4.89 Å². The molecule has 104 valence electrons. The molecule has 0 saturated carbocycles. The molecular formula is C11H21N2O3PS. The molecule has 0 unspecified atom stereocenters. The number of imidazole rings is 1. The van der Waals surface area contributed by atoms with Crippen molar-refractivity contribution >= 4 is 18.5 Å². The summed E-state index contributed by atoms with van der Waals surface area (Å²) in [6.45, 7) is 5.52. The van der Waals surface area contributed by atoms with E-state index in [1.165, 1.54) is 0 Å². The Morgan fingerprint density at radius 3 is 2.33 bits per heavy atom. The van der Waals surface area contributed by atoms with E-state index in [2.05, 4.69) is 32.0 Å². The van der Waals surface area contributed by atoms with Crippen molar-refractivity contribution in [3.8, 4) is 0 Å². The molecule has 0 aliphatic rings. The molecule has 0 aromatic carbocycles. The van der Waals surface area contributed by atoms with Crippen molar-refractivity contribution in [3.63, 3.8) is 0 Å². The minimum Gasteiger partial charge on any atom is -0.780 e. The number of hydrogen-bond donors (Lipinski definition) is 0. The minimum absolute atomic E-state index is 0.334. The third-order valence-corrected chi connectivity index (χ3v) is 3.52. The Bertz CT molecular complexity index is 385. The predicted octanol–water partition coefficient (Wildman–Crippen LogP) is 1.14. The average molecular weight is 292 g/mol. The number of aromatic nitrogens is 2. The summed E-state index contributed by atoms with van der Waals surface area (Å²) < 4.78 is 13.3. The van der Waals surface area contributed by atoms with Gasteiger partial charge in [-0.1, -0.05) is 24.5 Å². The van der Waals surface area contributed by atoms with Gasteiger partial charge in [-0.15, -0.1) is 0 Å². The molecule has 0 atom stereocenters. The number of allylic oxidation sites excluding steroid dienone is 1. The molecule has 0 aliphatic heterocycles. The summed E-state index contributed by atoms with van der Waals surface area (Å²) >= 11 is 4.45. The average Bonchev–Trinajstić information content (AvgIpc) is 2.65. The lowest BCUT2D eigenvalue weighted by molar-refractivity contribution is -0.671. The summed E-state index contributed by atoms with van der Waals surface area (Å²) in [5.41, 5.74) is 0. The second kappa shape index (κ2) is 9.42. The van der Waals surface area contributed by atoms with Gasteiger partial charge in [-0.3, -0.25) is 0 Å². The van der Waals surface area contributed by atoms with Gasteiger partial charge < -0.3 is 13.9 Å². The molecule has 0 aliphatic carbocycles. The lowest BCUT2D eigenvalue weighted by Crippen LogP contribution is -2.23. The number of aryl methyl sites for hydroxylation is 1. The molecule has 1 aromatic heterocycles. The molecule has 1 heterocycles. The highest BCUT2D eigenvalue weighted by molar-refractivity contribution is 8.06. The topological polar surface area (TPSA) is 50.3 Å². The van der Waals surface area contributed by atoms with E-state index >= 15 is 0 Å². The largest absolute Gasteiger partial charge is 0.780 e. The zero-order chi connectivity index (χ0) is 14.0. The molecule has 0 saturated heterocycles. The van der Waals surface area contributed by atoms with Crippen LogP contribution in [0.3, 0.4) is 0 Å². The first-order chi connectivity index (χ1) is 8.45. The van der Waals surface area contributed by atoms with Gasteiger partial charge in [0.2, 0.25) is 6.33 Å². The van der Waals surface area contributed by atoms with Crippen molar-refractivity contribution in [1.82, 2.24) is 4.57 Å². The molecule has 0 bridgehead atoms. The highest BCUT2D eigenvalue weighted by atomic mass is 32.5. The van der Waals surface area contributed by atoms with Gasteiger partial charge in [-0.05, 0) is 13.8 Å². The van der Waals surface area contributed by atoms with Crippen LogP contribution in [0.1, 0.15) is 13.8 Å². The standard InChI is InChI=1S/C7H11N2.C4H11O3PS/c1-3-4-9-6-5-8(2)7-9;1-3-6-8(5,9)7-4-2/h3,5-7H,1,4H2,2H3;3-4H2,1-2H3,(H,5,9)/q+1;/p-1. The number of rotatable bonds is 6. The Morgan fingerprint density at radius 2 is 2.00 bits per heavy atom. The van der Waals surface area contributed by atoms with Crippen molar-refractivity contribution in [2.24, 2.45) is 7.05 Å². The SMILES string of the molecule is C=CCn1cc[n+](C)c1.CCOP([O-])(=S)OCC. The monoisotopic (exact) mass is 292 g/mol. The van der Waals surface area contributed by atoms with Crippen LogP contribution in [0.25, 0.3) is 0 Å². The van der Waals surface area contributed by atoms with Crippen molar-refractivity contribution < 1.29 is 18.5 Å². The van der Waals surface area contributed by atoms with Crippen molar-refractivity contribution in [3.05, 3.63) is 31.4 Å². The molecule has 7 heteroatoms. The van der Waals surface area contributed by atoms with E-state index in [1.54, 1.807) is 13.8 Å². The Morgan fingerprint density at radius 1 is 1.44 bits per heavy atom.